The van der Waals surface area contributed by atoms with Gasteiger partial charge in [0, 0.05) is 19.2 Å². The fourth-order valence-electron chi connectivity index (χ4n) is 2.31. The lowest BCUT2D eigenvalue weighted by Gasteiger charge is -2.36. The van der Waals surface area contributed by atoms with Crippen LogP contribution in [0.1, 0.15) is 17.3 Å². The van der Waals surface area contributed by atoms with Crippen molar-refractivity contribution in [3.8, 4) is 0 Å². The molecule has 0 aliphatic carbocycles. The molecule has 2 atom stereocenters. The van der Waals surface area contributed by atoms with Gasteiger partial charge in [0.15, 0.2) is 0 Å². The van der Waals surface area contributed by atoms with Crippen LogP contribution in [0.3, 0.4) is 0 Å². The molecule has 0 aromatic heterocycles. The lowest BCUT2D eigenvalue weighted by molar-refractivity contribution is -0.385. The van der Waals surface area contributed by atoms with E-state index in [0.29, 0.717) is 0 Å². The fraction of sp³-hybridized carbons (Fsp3) is 0.462. The predicted molar refractivity (Wildman–Crippen MR) is 74.0 cm³/mol. The molecule has 1 aromatic carbocycles. The summed E-state index contributed by atoms with van der Waals surface area (Å²) in [6.07, 6.45) is -0.578. The highest BCUT2D eigenvalue weighted by Crippen LogP contribution is 2.23. The summed E-state index contributed by atoms with van der Waals surface area (Å²) in [7, 11) is 0. The third-order valence-electron chi connectivity index (χ3n) is 3.17. The van der Waals surface area contributed by atoms with E-state index >= 15 is 0 Å². The highest BCUT2D eigenvalue weighted by atomic mass is 35.5. The Labute approximate surface area is 125 Å². The van der Waals surface area contributed by atoms with E-state index in [1.165, 1.54) is 4.90 Å². The van der Waals surface area contributed by atoms with Crippen LogP contribution < -0.4 is 0 Å². The maximum absolute atomic E-state index is 13.3. The molecule has 114 valence electrons. The maximum atomic E-state index is 13.3. The quantitative estimate of drug-likeness (QED) is 0.487. The average molecular weight is 317 g/mol. The number of nitro benzene ring substituents is 1. The molecule has 8 heteroatoms. The zero-order chi connectivity index (χ0) is 15.6. The Morgan fingerprint density at radius 3 is 2.90 bits per heavy atom. The van der Waals surface area contributed by atoms with Crippen molar-refractivity contribution in [3.63, 3.8) is 0 Å². The first-order valence-electron chi connectivity index (χ1n) is 6.37. The molecule has 1 fully saturated rings. The first-order chi connectivity index (χ1) is 9.92. The minimum absolute atomic E-state index is 0.208. The summed E-state index contributed by atoms with van der Waals surface area (Å²) in [4.78, 5) is 24.1. The van der Waals surface area contributed by atoms with Crippen molar-refractivity contribution < 1.29 is 18.8 Å². The number of carbonyl (C=O) groups is 1. The van der Waals surface area contributed by atoms with Crippen LogP contribution in [0.15, 0.2) is 18.2 Å². The summed E-state index contributed by atoms with van der Waals surface area (Å²) >= 11 is 5.74. The standard InChI is InChI=1S/C13H14ClFN2O4/c1-8-6-16(7-10(5-14)21-8)13(18)11-4-9(15)2-3-12(11)17(19)20/h2-4,8,10H,5-7H2,1H3. The lowest BCUT2D eigenvalue weighted by atomic mass is 10.1. The number of benzene rings is 1. The second-order valence-corrected chi connectivity index (χ2v) is 5.16. The molecule has 21 heavy (non-hydrogen) atoms. The van der Waals surface area contributed by atoms with Gasteiger partial charge in [-0.25, -0.2) is 4.39 Å². The molecule has 1 saturated heterocycles. The molecule has 1 aliphatic heterocycles. The number of carbonyl (C=O) groups excluding carboxylic acids is 1. The monoisotopic (exact) mass is 316 g/mol. The summed E-state index contributed by atoms with van der Waals surface area (Å²) in [5, 5.41) is 11.0. The van der Waals surface area contributed by atoms with Gasteiger partial charge in [0.1, 0.15) is 11.4 Å². The number of morpholine rings is 1. The van der Waals surface area contributed by atoms with Gasteiger partial charge >= 0.3 is 0 Å². The Bertz CT molecular complexity index is 569. The normalized spacial score (nSPS) is 22.1. The van der Waals surface area contributed by atoms with E-state index in [9.17, 15) is 19.3 Å². The van der Waals surface area contributed by atoms with E-state index in [1.54, 1.807) is 6.92 Å². The van der Waals surface area contributed by atoms with Crippen molar-refractivity contribution in [2.24, 2.45) is 0 Å². The molecule has 2 unspecified atom stereocenters. The van der Waals surface area contributed by atoms with Crippen molar-refractivity contribution in [2.75, 3.05) is 19.0 Å². The number of ether oxygens (including phenoxy) is 1. The molecule has 0 bridgehead atoms. The van der Waals surface area contributed by atoms with Gasteiger partial charge in [-0.05, 0) is 19.1 Å². The number of hydrogen-bond acceptors (Lipinski definition) is 4. The van der Waals surface area contributed by atoms with Crippen LogP contribution in [-0.4, -0.2) is 46.9 Å². The van der Waals surface area contributed by atoms with Gasteiger partial charge in [0.05, 0.1) is 23.0 Å². The molecule has 1 heterocycles. The molecule has 6 nitrogen and oxygen atoms in total. The van der Waals surface area contributed by atoms with Crippen LogP contribution in [0.25, 0.3) is 0 Å². The van der Waals surface area contributed by atoms with E-state index in [-0.39, 0.29) is 36.7 Å². The highest BCUT2D eigenvalue weighted by molar-refractivity contribution is 6.18. The zero-order valence-corrected chi connectivity index (χ0v) is 12.0. The Hall–Kier alpha value is -1.73. The van der Waals surface area contributed by atoms with E-state index in [2.05, 4.69) is 0 Å². The number of halogens is 2. The van der Waals surface area contributed by atoms with Crippen LogP contribution >= 0.6 is 11.6 Å². The van der Waals surface area contributed by atoms with Crippen molar-refractivity contribution in [3.05, 3.63) is 39.7 Å². The minimum atomic E-state index is -0.699. The molecule has 0 saturated carbocycles. The van der Waals surface area contributed by atoms with Crippen molar-refractivity contribution in [2.45, 2.75) is 19.1 Å². The van der Waals surface area contributed by atoms with Gasteiger partial charge in [0.2, 0.25) is 0 Å². The molecular formula is C13H14ClFN2O4. The Morgan fingerprint density at radius 2 is 2.29 bits per heavy atom. The smallest absolute Gasteiger partial charge is 0.282 e. The molecule has 0 N–H and O–H groups in total. The van der Waals surface area contributed by atoms with Gasteiger partial charge in [0.25, 0.3) is 11.6 Å². The molecule has 1 aliphatic rings. The number of alkyl halides is 1. The van der Waals surface area contributed by atoms with Crippen molar-refractivity contribution in [1.82, 2.24) is 4.90 Å². The van der Waals surface area contributed by atoms with Gasteiger partial charge in [-0.3, -0.25) is 14.9 Å². The molecular weight excluding hydrogens is 303 g/mol. The molecule has 0 spiro atoms. The molecule has 1 amide bonds. The number of amides is 1. The summed E-state index contributed by atoms with van der Waals surface area (Å²) < 4.78 is 18.8. The Balaban J connectivity index is 2.31. The van der Waals surface area contributed by atoms with Crippen LogP contribution in [0.2, 0.25) is 0 Å². The zero-order valence-electron chi connectivity index (χ0n) is 11.3. The number of nitro groups is 1. The summed E-state index contributed by atoms with van der Waals surface area (Å²) in [6.45, 7) is 2.28. The predicted octanol–water partition coefficient (Wildman–Crippen LogP) is 2.20. The van der Waals surface area contributed by atoms with Gasteiger partial charge in [-0.1, -0.05) is 0 Å². The van der Waals surface area contributed by atoms with Crippen LogP contribution in [0.5, 0.6) is 0 Å². The van der Waals surface area contributed by atoms with E-state index in [1.807, 2.05) is 0 Å². The van der Waals surface area contributed by atoms with Gasteiger partial charge in [-0.15, -0.1) is 11.6 Å². The molecule has 1 aromatic rings. The van der Waals surface area contributed by atoms with Gasteiger partial charge < -0.3 is 9.64 Å². The van der Waals surface area contributed by atoms with Crippen LogP contribution in [-0.2, 0) is 4.74 Å². The average Bonchev–Trinajstić information content (AvgIpc) is 2.45. The lowest BCUT2D eigenvalue weighted by Crippen LogP contribution is -2.49. The summed E-state index contributed by atoms with van der Waals surface area (Å²) in [5.41, 5.74) is -0.676. The first-order valence-corrected chi connectivity index (χ1v) is 6.90. The number of nitrogens with zero attached hydrogens (tertiary/aromatic N) is 2. The Morgan fingerprint density at radius 1 is 1.57 bits per heavy atom. The second-order valence-electron chi connectivity index (χ2n) is 4.85. The number of rotatable bonds is 3. The van der Waals surface area contributed by atoms with E-state index in [0.717, 1.165) is 18.2 Å². The van der Waals surface area contributed by atoms with E-state index < -0.39 is 22.3 Å². The van der Waals surface area contributed by atoms with E-state index in [4.69, 9.17) is 16.3 Å². The van der Waals surface area contributed by atoms with Crippen LogP contribution in [0.4, 0.5) is 10.1 Å². The largest absolute Gasteiger partial charge is 0.370 e. The maximum Gasteiger partial charge on any atom is 0.282 e. The minimum Gasteiger partial charge on any atom is -0.370 e. The summed E-state index contributed by atoms with van der Waals surface area (Å²) in [5.74, 6) is -1.08. The third kappa shape index (κ3) is 3.48. The van der Waals surface area contributed by atoms with Crippen molar-refractivity contribution >= 4 is 23.2 Å². The summed E-state index contributed by atoms with van der Waals surface area (Å²) in [6, 6.07) is 2.83. The topological polar surface area (TPSA) is 72.7 Å². The highest BCUT2D eigenvalue weighted by Gasteiger charge is 2.31. The van der Waals surface area contributed by atoms with Crippen molar-refractivity contribution in [1.29, 1.82) is 0 Å². The number of hydrogen-bond donors (Lipinski definition) is 0. The third-order valence-corrected chi connectivity index (χ3v) is 3.52. The Kier molecular flexibility index (Phi) is 4.74. The second kappa shape index (κ2) is 6.36. The molecule has 0 radical (unpaired) electrons. The van der Waals surface area contributed by atoms with Gasteiger partial charge in [-0.2, -0.15) is 0 Å². The SMILES string of the molecule is CC1CN(C(=O)c2cc(F)ccc2[N+](=O)[O-])CC(CCl)O1. The fourth-order valence-corrected chi connectivity index (χ4v) is 2.48. The van der Waals surface area contributed by atoms with Crippen LogP contribution in [0, 0.1) is 15.9 Å². The molecule has 2 rings (SSSR count). The first kappa shape index (κ1) is 15.7.